The first-order valence-corrected chi connectivity index (χ1v) is 14.0. The van der Waals surface area contributed by atoms with Gasteiger partial charge in [-0.1, -0.05) is 77.8 Å². The summed E-state index contributed by atoms with van der Waals surface area (Å²) in [5.41, 5.74) is 9.29. The highest BCUT2D eigenvalue weighted by molar-refractivity contribution is 6.33. The number of anilines is 1. The Morgan fingerprint density at radius 1 is 0.850 bits per heavy atom. The van der Waals surface area contributed by atoms with Gasteiger partial charge in [0.05, 0.1) is 11.4 Å². The molecule has 0 atom stereocenters. The summed E-state index contributed by atoms with van der Waals surface area (Å²) in [6.07, 6.45) is 2.14. The number of urea groups is 1. The van der Waals surface area contributed by atoms with Crippen LogP contribution in [0.5, 0.6) is 0 Å². The maximum Gasteiger partial charge on any atom is 0.321 e. The number of nitrogens with one attached hydrogen (secondary N) is 1. The van der Waals surface area contributed by atoms with E-state index in [1.165, 1.54) is 5.56 Å². The van der Waals surface area contributed by atoms with Crippen LogP contribution in [0, 0.1) is 13.8 Å². The van der Waals surface area contributed by atoms with E-state index in [2.05, 4.69) is 64.1 Å². The number of fused-ring (bicyclic) bond motifs is 1. The molecular formula is C33H32ClN5O. The van der Waals surface area contributed by atoms with Gasteiger partial charge in [-0.25, -0.2) is 9.78 Å². The summed E-state index contributed by atoms with van der Waals surface area (Å²) in [7, 11) is 0. The molecule has 2 aromatic heterocycles. The number of nitrogens with zero attached hydrogens (tertiary/aromatic N) is 4. The lowest BCUT2D eigenvalue weighted by Gasteiger charge is -2.34. The van der Waals surface area contributed by atoms with E-state index >= 15 is 0 Å². The first kappa shape index (κ1) is 26.1. The van der Waals surface area contributed by atoms with E-state index in [-0.39, 0.29) is 6.03 Å². The predicted octanol–water partition coefficient (Wildman–Crippen LogP) is 7.29. The highest BCUT2D eigenvalue weighted by Gasteiger charge is 2.24. The highest BCUT2D eigenvalue weighted by Crippen LogP contribution is 2.31. The van der Waals surface area contributed by atoms with Crippen molar-refractivity contribution in [1.29, 1.82) is 0 Å². The number of rotatable bonds is 5. The van der Waals surface area contributed by atoms with Gasteiger partial charge >= 0.3 is 6.03 Å². The lowest BCUT2D eigenvalue weighted by Crippen LogP contribution is -2.49. The Bertz CT molecular complexity index is 1670. The Labute approximate surface area is 239 Å². The smallest absolute Gasteiger partial charge is 0.321 e. The second-order valence-corrected chi connectivity index (χ2v) is 10.8. The zero-order valence-electron chi connectivity index (χ0n) is 22.8. The van der Waals surface area contributed by atoms with Gasteiger partial charge in [-0.2, -0.15) is 0 Å². The maximum absolute atomic E-state index is 13.0. The van der Waals surface area contributed by atoms with Crippen molar-refractivity contribution < 1.29 is 4.79 Å². The van der Waals surface area contributed by atoms with E-state index in [1.807, 2.05) is 60.4 Å². The van der Waals surface area contributed by atoms with E-state index in [4.69, 9.17) is 16.6 Å². The molecular weight excluding hydrogens is 518 g/mol. The Hall–Kier alpha value is -4.13. The van der Waals surface area contributed by atoms with E-state index < -0.39 is 0 Å². The number of halogens is 1. The van der Waals surface area contributed by atoms with Crippen molar-refractivity contribution in [2.45, 2.75) is 20.4 Å². The summed E-state index contributed by atoms with van der Waals surface area (Å²) in [4.78, 5) is 22.3. The van der Waals surface area contributed by atoms with Gasteiger partial charge in [-0.15, -0.1) is 0 Å². The summed E-state index contributed by atoms with van der Waals surface area (Å²) in [5, 5.41) is 3.79. The molecule has 1 saturated heterocycles. The van der Waals surface area contributed by atoms with Gasteiger partial charge in [0.15, 0.2) is 0 Å². The van der Waals surface area contributed by atoms with Crippen LogP contribution in [0.15, 0.2) is 91.1 Å². The number of carbonyl (C=O) groups is 1. The third-order valence-electron chi connectivity index (χ3n) is 7.65. The minimum absolute atomic E-state index is 0.0477. The van der Waals surface area contributed by atoms with Crippen LogP contribution in [0.4, 0.5) is 10.5 Å². The summed E-state index contributed by atoms with van der Waals surface area (Å²) in [6.45, 7) is 7.73. The average Bonchev–Trinajstić information content (AvgIpc) is 3.32. The molecule has 6 rings (SSSR count). The van der Waals surface area contributed by atoms with Crippen LogP contribution in [0.1, 0.15) is 16.8 Å². The summed E-state index contributed by atoms with van der Waals surface area (Å²) >= 11 is 6.55. The molecule has 0 spiro atoms. The average molecular weight is 550 g/mol. The molecule has 0 bridgehead atoms. The normalized spacial score (nSPS) is 14.0. The van der Waals surface area contributed by atoms with Gasteiger partial charge < -0.3 is 14.6 Å². The molecule has 40 heavy (non-hydrogen) atoms. The molecule has 5 aromatic rings. The maximum atomic E-state index is 13.0. The number of para-hydroxylation sites is 1. The van der Waals surface area contributed by atoms with Crippen LogP contribution in [-0.2, 0) is 6.54 Å². The van der Waals surface area contributed by atoms with E-state index in [0.717, 1.165) is 69.6 Å². The largest absolute Gasteiger partial charge is 0.322 e. The molecule has 0 unspecified atom stereocenters. The SMILES string of the molecule is Cc1ccc(-c2nc3ccc(-c4ccccc4Cl)cn3c2CN2CCN(C(=O)Nc3ccccc3C)CC2)cc1. The molecule has 0 radical (unpaired) electrons. The van der Waals surface area contributed by atoms with Crippen molar-refractivity contribution in [3.05, 3.63) is 113 Å². The van der Waals surface area contributed by atoms with E-state index in [9.17, 15) is 4.79 Å². The first-order valence-electron chi connectivity index (χ1n) is 13.6. The number of pyridine rings is 1. The van der Waals surface area contributed by atoms with Gasteiger partial charge in [0.1, 0.15) is 5.65 Å². The monoisotopic (exact) mass is 549 g/mol. The fraction of sp³-hybridized carbons (Fsp3) is 0.212. The van der Waals surface area contributed by atoms with Crippen molar-refractivity contribution in [1.82, 2.24) is 19.2 Å². The fourth-order valence-corrected chi connectivity index (χ4v) is 5.51. The lowest BCUT2D eigenvalue weighted by molar-refractivity contribution is 0.142. The van der Waals surface area contributed by atoms with Crippen molar-refractivity contribution in [2.75, 3.05) is 31.5 Å². The van der Waals surface area contributed by atoms with Gasteiger partial charge in [0.2, 0.25) is 0 Å². The Kier molecular flexibility index (Phi) is 7.29. The van der Waals surface area contributed by atoms with Crippen molar-refractivity contribution in [3.8, 4) is 22.4 Å². The Morgan fingerprint density at radius 2 is 1.55 bits per heavy atom. The van der Waals surface area contributed by atoms with E-state index in [0.29, 0.717) is 13.1 Å². The molecule has 1 aliphatic rings. The molecule has 1 aliphatic heterocycles. The highest BCUT2D eigenvalue weighted by atomic mass is 35.5. The van der Waals surface area contributed by atoms with Gasteiger partial charge in [-0.3, -0.25) is 4.90 Å². The fourth-order valence-electron chi connectivity index (χ4n) is 5.27. The van der Waals surface area contributed by atoms with Crippen molar-refractivity contribution in [3.63, 3.8) is 0 Å². The molecule has 7 heteroatoms. The van der Waals surface area contributed by atoms with E-state index in [1.54, 1.807) is 0 Å². The van der Waals surface area contributed by atoms with Crippen LogP contribution in [0.2, 0.25) is 5.02 Å². The number of carbonyl (C=O) groups excluding carboxylic acids is 1. The third kappa shape index (κ3) is 5.33. The number of imidazole rings is 1. The molecule has 6 nitrogen and oxygen atoms in total. The van der Waals surface area contributed by atoms with Crippen LogP contribution < -0.4 is 5.32 Å². The molecule has 1 fully saturated rings. The second kappa shape index (κ2) is 11.2. The minimum atomic E-state index is -0.0477. The number of hydrogen-bond acceptors (Lipinski definition) is 3. The van der Waals surface area contributed by atoms with Gasteiger partial charge in [0, 0.05) is 60.8 Å². The predicted molar refractivity (Wildman–Crippen MR) is 163 cm³/mol. The molecule has 0 saturated carbocycles. The van der Waals surface area contributed by atoms with Crippen LogP contribution in [0.3, 0.4) is 0 Å². The van der Waals surface area contributed by atoms with Gasteiger partial charge in [-0.05, 0) is 49.2 Å². The zero-order valence-corrected chi connectivity index (χ0v) is 23.5. The number of piperazine rings is 1. The minimum Gasteiger partial charge on any atom is -0.322 e. The van der Waals surface area contributed by atoms with Crippen LogP contribution in [0.25, 0.3) is 28.0 Å². The standard InChI is InChI=1S/C33H32ClN5O/c1-23-11-13-25(14-12-23)32-30(39-21-26(15-16-31(39)36-32)27-8-4-5-9-28(27)34)22-37-17-19-38(20-18-37)33(40)35-29-10-6-3-7-24(29)2/h3-16,21H,17-20,22H2,1-2H3,(H,35,40). The number of aromatic nitrogens is 2. The Balaban J connectivity index is 1.27. The van der Waals surface area contributed by atoms with Crippen LogP contribution >= 0.6 is 11.6 Å². The van der Waals surface area contributed by atoms with Crippen molar-refractivity contribution in [2.24, 2.45) is 0 Å². The van der Waals surface area contributed by atoms with Crippen LogP contribution in [-0.4, -0.2) is 51.4 Å². The molecule has 202 valence electrons. The molecule has 2 amide bonds. The summed E-state index contributed by atoms with van der Waals surface area (Å²) < 4.78 is 2.20. The Morgan fingerprint density at radius 3 is 2.30 bits per heavy atom. The molecule has 3 aromatic carbocycles. The summed E-state index contributed by atoms with van der Waals surface area (Å²) in [6, 6.07) is 28.4. The third-order valence-corrected chi connectivity index (χ3v) is 7.98. The number of benzene rings is 3. The first-order chi connectivity index (χ1) is 19.5. The molecule has 1 N–H and O–H groups in total. The number of amides is 2. The summed E-state index contributed by atoms with van der Waals surface area (Å²) in [5.74, 6) is 0. The zero-order chi connectivity index (χ0) is 27.6. The van der Waals surface area contributed by atoms with Crippen molar-refractivity contribution >= 4 is 29.0 Å². The number of aryl methyl sites for hydroxylation is 2. The topological polar surface area (TPSA) is 52.9 Å². The molecule has 3 heterocycles. The molecule has 0 aliphatic carbocycles. The van der Waals surface area contributed by atoms with Gasteiger partial charge in [0.25, 0.3) is 0 Å². The lowest BCUT2D eigenvalue weighted by atomic mass is 10.1. The number of hydrogen-bond donors (Lipinski definition) is 1. The second-order valence-electron chi connectivity index (χ2n) is 10.4. The quantitative estimate of drug-likeness (QED) is 0.250.